The Kier molecular flexibility index (Phi) is 4.83. The zero-order valence-electron chi connectivity index (χ0n) is 11.5. The number of benzene rings is 1. The van der Waals surface area contributed by atoms with Gasteiger partial charge in [-0.15, -0.1) is 0 Å². The minimum absolute atomic E-state index is 0.101. The van der Waals surface area contributed by atoms with E-state index in [-0.39, 0.29) is 17.1 Å². The molecule has 1 aromatic carbocycles. The van der Waals surface area contributed by atoms with E-state index in [0.29, 0.717) is 12.8 Å². The quantitative estimate of drug-likeness (QED) is 0.887. The second-order valence-corrected chi connectivity index (χ2v) is 5.97. The van der Waals surface area contributed by atoms with E-state index in [0.717, 1.165) is 31.4 Å². The first kappa shape index (κ1) is 15.8. The van der Waals surface area contributed by atoms with Crippen LogP contribution in [0.15, 0.2) is 18.2 Å². The summed E-state index contributed by atoms with van der Waals surface area (Å²) in [5.74, 6) is -1.92. The van der Waals surface area contributed by atoms with Crippen molar-refractivity contribution < 1.29 is 19.1 Å². The second-order valence-electron chi connectivity index (χ2n) is 5.53. The molecule has 0 radical (unpaired) electrons. The van der Waals surface area contributed by atoms with E-state index in [2.05, 4.69) is 5.32 Å². The van der Waals surface area contributed by atoms with Crippen molar-refractivity contribution >= 4 is 29.2 Å². The van der Waals surface area contributed by atoms with Crippen molar-refractivity contribution in [3.05, 3.63) is 29.0 Å². The van der Waals surface area contributed by atoms with Crippen molar-refractivity contribution in [2.24, 2.45) is 5.41 Å². The normalized spacial score (nSPS) is 17.2. The number of anilines is 1. The summed E-state index contributed by atoms with van der Waals surface area (Å²) in [6.45, 7) is 0. The predicted octanol–water partition coefficient (Wildman–Crippen LogP) is 3.84. The van der Waals surface area contributed by atoms with Gasteiger partial charge in [-0.2, -0.15) is 0 Å². The van der Waals surface area contributed by atoms with Crippen LogP contribution in [0.25, 0.3) is 0 Å². The molecule has 114 valence electrons. The number of aliphatic carboxylic acids is 1. The van der Waals surface area contributed by atoms with Gasteiger partial charge in [0.15, 0.2) is 0 Å². The zero-order chi connectivity index (χ0) is 15.5. The molecule has 1 aliphatic rings. The van der Waals surface area contributed by atoms with Crippen molar-refractivity contribution in [1.29, 1.82) is 0 Å². The van der Waals surface area contributed by atoms with E-state index in [1.165, 1.54) is 6.07 Å². The van der Waals surface area contributed by atoms with Crippen LogP contribution < -0.4 is 5.32 Å². The number of carboxylic acid groups (broad SMARTS) is 1. The molecule has 6 heteroatoms. The number of rotatable bonds is 4. The number of amides is 1. The van der Waals surface area contributed by atoms with Crippen molar-refractivity contribution in [2.45, 2.75) is 38.5 Å². The molecule has 1 amide bonds. The van der Waals surface area contributed by atoms with Crippen molar-refractivity contribution in [3.8, 4) is 0 Å². The maximum Gasteiger partial charge on any atom is 0.310 e. The molecule has 4 nitrogen and oxygen atoms in total. The molecule has 21 heavy (non-hydrogen) atoms. The summed E-state index contributed by atoms with van der Waals surface area (Å²) in [6, 6.07) is 3.71. The van der Waals surface area contributed by atoms with E-state index in [1.54, 1.807) is 0 Å². The minimum Gasteiger partial charge on any atom is -0.481 e. The lowest BCUT2D eigenvalue weighted by Crippen LogP contribution is -2.37. The summed E-state index contributed by atoms with van der Waals surface area (Å²) in [6.07, 6.45) is 3.52. The van der Waals surface area contributed by atoms with Gasteiger partial charge in [-0.1, -0.05) is 30.9 Å². The molecule has 0 bridgehead atoms. The Bertz CT molecular complexity index is 536. The first-order valence-corrected chi connectivity index (χ1v) is 7.28. The van der Waals surface area contributed by atoms with Crippen LogP contribution in [-0.4, -0.2) is 17.0 Å². The van der Waals surface area contributed by atoms with Gasteiger partial charge in [-0.05, 0) is 31.0 Å². The average Bonchev–Trinajstić information content (AvgIpc) is 2.37. The number of nitrogens with one attached hydrogen (secondary N) is 1. The van der Waals surface area contributed by atoms with Gasteiger partial charge in [-0.25, -0.2) is 4.39 Å². The maximum absolute atomic E-state index is 13.2. The van der Waals surface area contributed by atoms with Crippen molar-refractivity contribution in [1.82, 2.24) is 0 Å². The number of halogens is 2. The highest BCUT2D eigenvalue weighted by Gasteiger charge is 2.41. The molecule has 0 aromatic heterocycles. The van der Waals surface area contributed by atoms with Crippen molar-refractivity contribution in [2.75, 3.05) is 5.32 Å². The molecule has 0 atom stereocenters. The average molecular weight is 314 g/mol. The largest absolute Gasteiger partial charge is 0.481 e. The van der Waals surface area contributed by atoms with Gasteiger partial charge in [0, 0.05) is 17.1 Å². The molecular formula is C15H17ClFNO3. The first-order chi connectivity index (χ1) is 9.91. The van der Waals surface area contributed by atoms with E-state index in [4.69, 9.17) is 11.6 Å². The SMILES string of the molecule is O=C(CC1(C(=O)O)CCCCC1)Nc1cc(F)cc(Cl)c1. The van der Waals surface area contributed by atoms with Gasteiger partial charge in [0.05, 0.1) is 5.41 Å². The summed E-state index contributed by atoms with van der Waals surface area (Å²) in [4.78, 5) is 23.6. The zero-order valence-corrected chi connectivity index (χ0v) is 12.3. The molecule has 2 rings (SSSR count). The van der Waals surface area contributed by atoms with Gasteiger partial charge in [0.2, 0.25) is 5.91 Å². The molecule has 0 heterocycles. The van der Waals surface area contributed by atoms with Crippen LogP contribution in [0.2, 0.25) is 5.02 Å². The monoisotopic (exact) mass is 313 g/mol. The van der Waals surface area contributed by atoms with Crippen LogP contribution in [-0.2, 0) is 9.59 Å². The van der Waals surface area contributed by atoms with Crippen molar-refractivity contribution in [3.63, 3.8) is 0 Å². The molecule has 0 saturated heterocycles. The minimum atomic E-state index is -1.00. The fourth-order valence-electron chi connectivity index (χ4n) is 2.83. The van der Waals surface area contributed by atoms with Crippen LogP contribution >= 0.6 is 11.6 Å². The highest BCUT2D eigenvalue weighted by atomic mass is 35.5. The van der Waals surface area contributed by atoms with Crippen LogP contribution in [0, 0.1) is 11.2 Å². The Morgan fingerprint density at radius 1 is 1.24 bits per heavy atom. The smallest absolute Gasteiger partial charge is 0.310 e. The Labute approximate surface area is 127 Å². The van der Waals surface area contributed by atoms with Gasteiger partial charge in [0.25, 0.3) is 0 Å². The summed E-state index contributed by atoms with van der Waals surface area (Å²) in [5, 5.41) is 12.1. The third-order valence-corrected chi connectivity index (χ3v) is 4.13. The van der Waals surface area contributed by atoms with E-state index >= 15 is 0 Å². The molecule has 1 fully saturated rings. The fraction of sp³-hybridized carbons (Fsp3) is 0.467. The van der Waals surface area contributed by atoms with E-state index in [9.17, 15) is 19.1 Å². The third kappa shape index (κ3) is 3.94. The van der Waals surface area contributed by atoms with Gasteiger partial charge < -0.3 is 10.4 Å². The van der Waals surface area contributed by atoms with Crippen LogP contribution in [0.4, 0.5) is 10.1 Å². The number of carboxylic acids is 1. The molecule has 2 N–H and O–H groups in total. The van der Waals surface area contributed by atoms with E-state index < -0.39 is 23.1 Å². The highest BCUT2D eigenvalue weighted by Crippen LogP contribution is 2.39. The second kappa shape index (κ2) is 6.43. The number of hydrogen-bond donors (Lipinski definition) is 2. The molecule has 1 saturated carbocycles. The van der Waals surface area contributed by atoms with Crippen LogP contribution in [0.1, 0.15) is 38.5 Å². The molecule has 1 aliphatic carbocycles. The van der Waals surface area contributed by atoms with Crippen LogP contribution in [0.5, 0.6) is 0 Å². The summed E-state index contributed by atoms with van der Waals surface area (Å²) in [7, 11) is 0. The molecule has 0 unspecified atom stereocenters. The fourth-order valence-corrected chi connectivity index (χ4v) is 3.06. The number of carbonyl (C=O) groups excluding carboxylic acids is 1. The predicted molar refractivity (Wildman–Crippen MR) is 77.8 cm³/mol. The lowest BCUT2D eigenvalue weighted by Gasteiger charge is -2.32. The lowest BCUT2D eigenvalue weighted by atomic mass is 9.71. The maximum atomic E-state index is 13.2. The standard InChI is InChI=1S/C15H17ClFNO3/c16-10-6-11(17)8-12(7-10)18-13(19)9-15(14(20)21)4-2-1-3-5-15/h6-8H,1-5,9H2,(H,18,19)(H,20,21). The molecular weight excluding hydrogens is 297 g/mol. The van der Waals surface area contributed by atoms with E-state index in [1.807, 2.05) is 0 Å². The molecule has 0 spiro atoms. The number of carbonyl (C=O) groups is 2. The molecule has 1 aromatic rings. The van der Waals surface area contributed by atoms with Gasteiger partial charge in [-0.3, -0.25) is 9.59 Å². The highest BCUT2D eigenvalue weighted by molar-refractivity contribution is 6.30. The summed E-state index contributed by atoms with van der Waals surface area (Å²) in [5.41, 5.74) is -0.763. The Morgan fingerprint density at radius 3 is 2.48 bits per heavy atom. The Balaban J connectivity index is 2.07. The van der Waals surface area contributed by atoms with Crippen LogP contribution in [0.3, 0.4) is 0 Å². The number of hydrogen-bond acceptors (Lipinski definition) is 2. The Morgan fingerprint density at radius 2 is 1.90 bits per heavy atom. The lowest BCUT2D eigenvalue weighted by molar-refractivity contribution is -0.153. The Hall–Kier alpha value is -1.62. The summed E-state index contributed by atoms with van der Waals surface area (Å²) < 4.78 is 13.2. The first-order valence-electron chi connectivity index (χ1n) is 6.91. The van der Waals surface area contributed by atoms with Gasteiger partial charge in [0.1, 0.15) is 5.82 Å². The van der Waals surface area contributed by atoms with Gasteiger partial charge >= 0.3 is 5.97 Å². The molecule has 0 aliphatic heterocycles. The third-order valence-electron chi connectivity index (χ3n) is 3.91. The topological polar surface area (TPSA) is 66.4 Å². The summed E-state index contributed by atoms with van der Waals surface area (Å²) >= 11 is 5.72.